The van der Waals surface area contributed by atoms with E-state index in [-0.39, 0.29) is 30.7 Å². The van der Waals surface area contributed by atoms with Gasteiger partial charge in [-0.1, -0.05) is 24.3 Å². The maximum atomic E-state index is 12.9. The van der Waals surface area contributed by atoms with Crippen molar-refractivity contribution in [3.63, 3.8) is 0 Å². The zero-order valence-electron chi connectivity index (χ0n) is 18.6. The van der Waals surface area contributed by atoms with E-state index in [0.29, 0.717) is 25.3 Å². The molecule has 0 bridgehead atoms. The van der Waals surface area contributed by atoms with Gasteiger partial charge in [-0.3, -0.25) is 4.79 Å². The number of imidazole rings is 1. The predicted octanol–water partition coefficient (Wildman–Crippen LogP) is 3.39. The van der Waals surface area contributed by atoms with Gasteiger partial charge in [0.25, 0.3) is 5.91 Å². The number of amides is 1. The second-order valence-corrected chi connectivity index (χ2v) is 7.88. The number of allylic oxidation sites excluding steroid dienone is 1. The van der Waals surface area contributed by atoms with Crippen molar-refractivity contribution in [1.29, 1.82) is 0 Å². The van der Waals surface area contributed by atoms with Crippen molar-refractivity contribution >= 4 is 16.9 Å². The number of benzene rings is 2. The van der Waals surface area contributed by atoms with Crippen molar-refractivity contribution in [1.82, 2.24) is 15.3 Å². The van der Waals surface area contributed by atoms with Crippen LogP contribution in [0.3, 0.4) is 0 Å². The monoisotopic (exact) mass is 451 g/mol. The number of unbranched alkanes of at least 4 members (excludes halogenated alkanes) is 1. The first-order valence-corrected chi connectivity index (χ1v) is 11.1. The molecule has 3 N–H and O–H groups in total. The molecule has 1 aliphatic heterocycles. The van der Waals surface area contributed by atoms with Crippen molar-refractivity contribution in [3.8, 4) is 5.75 Å². The number of ether oxygens (including phenoxy) is 3. The highest BCUT2D eigenvalue weighted by Crippen LogP contribution is 2.32. The van der Waals surface area contributed by atoms with Crippen molar-refractivity contribution in [3.05, 3.63) is 71.8 Å². The van der Waals surface area contributed by atoms with Crippen LogP contribution >= 0.6 is 0 Å². The van der Waals surface area contributed by atoms with Crippen molar-refractivity contribution in [2.75, 3.05) is 20.3 Å². The van der Waals surface area contributed by atoms with E-state index in [4.69, 9.17) is 19.3 Å². The van der Waals surface area contributed by atoms with Crippen LogP contribution in [-0.2, 0) is 20.8 Å². The van der Waals surface area contributed by atoms with Gasteiger partial charge in [0, 0.05) is 18.9 Å². The van der Waals surface area contributed by atoms with Crippen LogP contribution in [0.1, 0.15) is 36.6 Å². The van der Waals surface area contributed by atoms with Crippen LogP contribution in [0.2, 0.25) is 0 Å². The number of carbonyl (C=O) groups is 1. The number of aromatic amines is 1. The van der Waals surface area contributed by atoms with Gasteiger partial charge in [0.05, 0.1) is 31.3 Å². The number of aliphatic hydroxyl groups excluding tert-OH is 1. The molecule has 1 aromatic heterocycles. The summed E-state index contributed by atoms with van der Waals surface area (Å²) in [6.07, 6.45) is 3.26. The van der Waals surface area contributed by atoms with Gasteiger partial charge in [-0.15, -0.1) is 0 Å². The fraction of sp³-hybridized carbons (Fsp3) is 0.360. The molecule has 8 nitrogen and oxygen atoms in total. The van der Waals surface area contributed by atoms with E-state index in [9.17, 15) is 4.79 Å². The van der Waals surface area contributed by atoms with E-state index in [1.165, 1.54) is 0 Å². The molecule has 0 spiro atoms. The third kappa shape index (κ3) is 5.91. The molecule has 4 rings (SSSR count). The van der Waals surface area contributed by atoms with Gasteiger partial charge in [-0.05, 0) is 48.7 Å². The Morgan fingerprint density at radius 3 is 2.79 bits per heavy atom. The molecule has 2 atom stereocenters. The average Bonchev–Trinajstić information content (AvgIpc) is 3.28. The molecule has 0 saturated carbocycles. The zero-order valence-corrected chi connectivity index (χ0v) is 18.6. The van der Waals surface area contributed by atoms with Crippen LogP contribution in [0, 0.1) is 0 Å². The van der Waals surface area contributed by atoms with E-state index in [0.717, 1.165) is 28.8 Å². The summed E-state index contributed by atoms with van der Waals surface area (Å²) in [5, 5.41) is 11.9. The summed E-state index contributed by atoms with van der Waals surface area (Å²) in [6.45, 7) is 0.830. The van der Waals surface area contributed by atoms with Crippen LogP contribution in [0.5, 0.6) is 5.75 Å². The maximum absolute atomic E-state index is 12.9. The number of methoxy groups -OCH3 is 1. The number of rotatable bonds is 10. The lowest BCUT2D eigenvalue weighted by molar-refractivity contribution is -0.146. The molecule has 0 saturated heterocycles. The van der Waals surface area contributed by atoms with Crippen LogP contribution in [0.15, 0.2) is 60.4 Å². The summed E-state index contributed by atoms with van der Waals surface area (Å²) < 4.78 is 17.0. The molecular formula is C25H29N3O5. The van der Waals surface area contributed by atoms with Crippen molar-refractivity contribution < 1.29 is 24.1 Å². The molecule has 0 unspecified atom stereocenters. The Morgan fingerprint density at radius 2 is 2.03 bits per heavy atom. The summed E-state index contributed by atoms with van der Waals surface area (Å²) >= 11 is 0. The number of carbonyl (C=O) groups excluding carboxylic acids is 1. The summed E-state index contributed by atoms with van der Waals surface area (Å²) in [7, 11) is 1.63. The second kappa shape index (κ2) is 11.0. The Hall–Kier alpha value is -3.36. The van der Waals surface area contributed by atoms with E-state index < -0.39 is 6.29 Å². The molecule has 0 aliphatic carbocycles. The second-order valence-electron chi connectivity index (χ2n) is 7.88. The lowest BCUT2D eigenvalue weighted by atomic mass is 9.93. The topological polar surface area (TPSA) is 106 Å². The standard InChI is InChI=1S/C25H29N3O5/c1-31-19-10-8-17(9-11-19)18-14-22(33-24(15-18)32-13-5-4-12-29)25(30)26-16-23-27-20-6-2-3-7-21(20)28-23/h2-3,6-11,14,18,24,29H,4-5,12-13,15-16H2,1H3,(H,26,30)(H,27,28)/t18-,24+/m0/s1. The van der Waals surface area contributed by atoms with Gasteiger partial charge in [-0.25, -0.2) is 4.98 Å². The minimum absolute atomic E-state index is 0.0422. The summed E-state index contributed by atoms with van der Waals surface area (Å²) in [5.41, 5.74) is 2.82. The first kappa shape index (κ1) is 22.8. The quantitative estimate of drug-likeness (QED) is 0.408. The molecule has 1 aliphatic rings. The third-order valence-electron chi connectivity index (χ3n) is 5.54. The van der Waals surface area contributed by atoms with E-state index in [1.807, 2.05) is 54.6 Å². The molecule has 8 heteroatoms. The number of H-pyrrole nitrogens is 1. The minimum Gasteiger partial charge on any atom is -0.497 e. The summed E-state index contributed by atoms with van der Waals surface area (Å²) in [6, 6.07) is 15.5. The predicted molar refractivity (Wildman–Crippen MR) is 124 cm³/mol. The van der Waals surface area contributed by atoms with Crippen LogP contribution in [0.4, 0.5) is 0 Å². The largest absolute Gasteiger partial charge is 0.497 e. The summed E-state index contributed by atoms with van der Waals surface area (Å²) in [5.74, 6) is 1.31. The van der Waals surface area contributed by atoms with E-state index >= 15 is 0 Å². The number of nitrogens with one attached hydrogen (secondary N) is 2. The Morgan fingerprint density at radius 1 is 1.21 bits per heavy atom. The normalized spacial score (nSPS) is 17.9. The number of aromatic nitrogens is 2. The van der Waals surface area contributed by atoms with Gasteiger partial charge in [-0.2, -0.15) is 0 Å². The molecule has 1 amide bonds. The maximum Gasteiger partial charge on any atom is 0.286 e. The number of hydrogen-bond donors (Lipinski definition) is 3. The molecule has 2 heterocycles. The van der Waals surface area contributed by atoms with Crippen LogP contribution in [0.25, 0.3) is 11.0 Å². The third-order valence-corrected chi connectivity index (χ3v) is 5.54. The first-order valence-electron chi connectivity index (χ1n) is 11.1. The molecule has 0 radical (unpaired) electrons. The van der Waals surface area contributed by atoms with Crippen molar-refractivity contribution in [2.24, 2.45) is 0 Å². The highest BCUT2D eigenvalue weighted by molar-refractivity contribution is 5.91. The van der Waals surface area contributed by atoms with Gasteiger partial charge >= 0.3 is 0 Å². The highest BCUT2D eigenvalue weighted by Gasteiger charge is 2.28. The van der Waals surface area contributed by atoms with Crippen LogP contribution in [-0.4, -0.2) is 47.6 Å². The molecular weight excluding hydrogens is 422 g/mol. The summed E-state index contributed by atoms with van der Waals surface area (Å²) in [4.78, 5) is 20.6. The number of aliphatic hydroxyl groups is 1. The van der Waals surface area contributed by atoms with Crippen LogP contribution < -0.4 is 10.1 Å². The Kier molecular flexibility index (Phi) is 7.59. The Balaban J connectivity index is 1.45. The molecule has 0 fully saturated rings. The number of fused-ring (bicyclic) bond motifs is 1. The average molecular weight is 452 g/mol. The number of hydrogen-bond acceptors (Lipinski definition) is 6. The smallest absolute Gasteiger partial charge is 0.286 e. The Bertz CT molecular complexity index is 1060. The molecule has 33 heavy (non-hydrogen) atoms. The van der Waals surface area contributed by atoms with Gasteiger partial charge in [0.2, 0.25) is 6.29 Å². The SMILES string of the molecule is COc1ccc([C@H]2C=C(C(=O)NCc3nc4ccccc4[nH]3)O[C@@H](OCCCCO)C2)cc1. The molecule has 3 aromatic rings. The fourth-order valence-electron chi connectivity index (χ4n) is 3.77. The first-order chi connectivity index (χ1) is 16.2. The number of nitrogens with zero attached hydrogens (tertiary/aromatic N) is 1. The van der Waals surface area contributed by atoms with Gasteiger partial charge in [0.1, 0.15) is 11.6 Å². The van der Waals surface area contributed by atoms with Gasteiger partial charge in [0.15, 0.2) is 5.76 Å². The fourth-order valence-corrected chi connectivity index (χ4v) is 3.77. The lowest BCUT2D eigenvalue weighted by Crippen LogP contribution is -2.33. The highest BCUT2D eigenvalue weighted by atomic mass is 16.7. The van der Waals surface area contributed by atoms with E-state index in [1.54, 1.807) is 7.11 Å². The lowest BCUT2D eigenvalue weighted by Gasteiger charge is -2.29. The number of para-hydroxylation sites is 2. The van der Waals surface area contributed by atoms with Gasteiger partial charge < -0.3 is 29.6 Å². The molecule has 174 valence electrons. The van der Waals surface area contributed by atoms with E-state index in [2.05, 4.69) is 15.3 Å². The minimum atomic E-state index is -0.548. The molecule has 2 aromatic carbocycles. The van der Waals surface area contributed by atoms with Crippen molar-refractivity contribution in [2.45, 2.75) is 38.0 Å². The Labute approximate surface area is 192 Å². The zero-order chi connectivity index (χ0) is 23.0.